The van der Waals surface area contributed by atoms with E-state index in [0.29, 0.717) is 54.4 Å². The van der Waals surface area contributed by atoms with Crippen LogP contribution in [-0.2, 0) is 25.7 Å². The highest BCUT2D eigenvalue weighted by Crippen LogP contribution is 2.62. The molecule has 0 aromatic heterocycles. The van der Waals surface area contributed by atoms with Gasteiger partial charge < -0.3 is 38.9 Å². The number of benzene rings is 6. The van der Waals surface area contributed by atoms with Crippen molar-refractivity contribution in [2.45, 2.75) is 94.8 Å². The lowest BCUT2D eigenvalue weighted by Crippen LogP contribution is -2.70. The van der Waals surface area contributed by atoms with Crippen molar-refractivity contribution in [2.75, 3.05) is 26.4 Å². The highest BCUT2D eigenvalue weighted by molar-refractivity contribution is 6.03. The van der Waals surface area contributed by atoms with E-state index in [2.05, 4.69) is 55.1 Å². The number of nitrogens with zero attached hydrogens (tertiary/aromatic N) is 3. The molecule has 13 heteroatoms. The number of carbonyl (C=O) groups excluding carboxylic acids is 1. The summed E-state index contributed by atoms with van der Waals surface area (Å²) in [6, 6.07) is 39.7. The molecule has 2 N–H and O–H groups in total. The zero-order chi connectivity index (χ0) is 51.7. The Morgan fingerprint density at radius 3 is 2.37 bits per heavy atom. The van der Waals surface area contributed by atoms with Crippen LogP contribution in [0.2, 0.25) is 0 Å². The largest absolute Gasteiger partial charge is 0.459 e. The molecule has 6 aromatic rings. The molecule has 2 fully saturated rings. The van der Waals surface area contributed by atoms with E-state index >= 15 is 4.79 Å². The number of unbranched alkanes of at least 4 members (excludes halogenated alkanes) is 2. The van der Waals surface area contributed by atoms with Crippen molar-refractivity contribution in [1.82, 2.24) is 4.90 Å². The lowest BCUT2D eigenvalue weighted by atomic mass is 9.55. The van der Waals surface area contributed by atoms with E-state index in [1.165, 1.54) is 18.2 Å². The van der Waals surface area contributed by atoms with Crippen LogP contribution in [0.4, 0.5) is 5.69 Å². The van der Waals surface area contributed by atoms with Gasteiger partial charge >= 0.3 is 0 Å². The topological polar surface area (TPSA) is 162 Å². The number of non-ortho nitro benzene ring substituents is 1. The molecule has 6 aromatic carbocycles. The van der Waals surface area contributed by atoms with Crippen LogP contribution in [0.25, 0.3) is 27.6 Å². The Morgan fingerprint density at radius 2 is 1.60 bits per heavy atom. The molecular weight excluding hydrogens is 947 g/mol. The maximum Gasteiger partial charge on any atom is 0.269 e. The summed E-state index contributed by atoms with van der Waals surface area (Å²) >= 11 is 0. The van der Waals surface area contributed by atoms with Gasteiger partial charge in [-0.05, 0) is 137 Å². The number of nitro benzene ring substituents is 1. The van der Waals surface area contributed by atoms with Gasteiger partial charge in [-0.25, -0.2) is 0 Å². The molecule has 13 nitrogen and oxygen atoms in total. The molecule has 2 heterocycles. The molecule has 7 unspecified atom stereocenters. The number of amides is 1. The zero-order valence-electron chi connectivity index (χ0n) is 42.2. The third-order valence-electron chi connectivity index (χ3n) is 15.4. The number of ether oxygens (including phenoxy) is 4. The van der Waals surface area contributed by atoms with Crippen molar-refractivity contribution in [1.29, 1.82) is 0 Å². The van der Waals surface area contributed by atoms with Gasteiger partial charge in [0.05, 0.1) is 29.8 Å². The number of aliphatic hydroxyl groups excluding tert-OH is 2. The van der Waals surface area contributed by atoms with Crippen LogP contribution in [-0.4, -0.2) is 76.2 Å². The molecule has 0 spiro atoms. The van der Waals surface area contributed by atoms with Gasteiger partial charge in [-0.3, -0.25) is 14.9 Å². The summed E-state index contributed by atoms with van der Waals surface area (Å²) in [5.41, 5.74) is 3.98. The number of carbonyl (C=O) groups is 1. The Hall–Kier alpha value is -7.16. The van der Waals surface area contributed by atoms with Crippen LogP contribution in [0.1, 0.15) is 86.8 Å². The first-order valence-electron chi connectivity index (χ1n) is 26.5. The van der Waals surface area contributed by atoms with Crippen molar-refractivity contribution in [2.24, 2.45) is 22.9 Å². The van der Waals surface area contributed by atoms with Crippen LogP contribution in [0.3, 0.4) is 0 Å². The van der Waals surface area contributed by atoms with Crippen LogP contribution >= 0.6 is 0 Å². The highest BCUT2D eigenvalue weighted by Gasteiger charge is 2.65. The summed E-state index contributed by atoms with van der Waals surface area (Å²) in [7, 11) is 0. The Morgan fingerprint density at radius 1 is 0.853 bits per heavy atom. The number of fused-ring (bicyclic) bond motifs is 4. The molecular formula is C62H65N3O10. The molecule has 1 amide bonds. The van der Waals surface area contributed by atoms with Crippen LogP contribution in [0, 0.1) is 27.9 Å². The fraction of sp³-hybridized carbons (Fsp3) is 0.355. The number of rotatable bonds is 21. The second-order valence-corrected chi connectivity index (χ2v) is 20.1. The van der Waals surface area contributed by atoms with Gasteiger partial charge in [-0.2, -0.15) is 0 Å². The van der Waals surface area contributed by atoms with Gasteiger partial charge in [0.2, 0.25) is 18.0 Å². The fourth-order valence-electron chi connectivity index (χ4n) is 11.9. The van der Waals surface area contributed by atoms with Gasteiger partial charge in [0.25, 0.3) is 5.69 Å². The Kier molecular flexibility index (Phi) is 16.1. The Labute approximate surface area is 437 Å². The summed E-state index contributed by atoms with van der Waals surface area (Å²) in [4.78, 5) is 35.0. The van der Waals surface area contributed by atoms with Gasteiger partial charge in [0, 0.05) is 62.3 Å². The van der Waals surface area contributed by atoms with Crippen molar-refractivity contribution in [3.8, 4) is 17.2 Å². The first-order valence-corrected chi connectivity index (χ1v) is 26.5. The molecule has 0 bridgehead atoms. The smallest absolute Gasteiger partial charge is 0.269 e. The number of allylic oxidation sites excluding steroid dienone is 1. The van der Waals surface area contributed by atoms with E-state index in [1.807, 2.05) is 65.6 Å². The fourth-order valence-corrected chi connectivity index (χ4v) is 11.9. The lowest BCUT2D eigenvalue weighted by Gasteiger charge is -2.60. The summed E-state index contributed by atoms with van der Waals surface area (Å²) in [6.07, 6.45) is 13.8. The predicted octanol–water partition coefficient (Wildman–Crippen LogP) is 12.6. The Balaban J connectivity index is 1.17. The maximum atomic E-state index is 15.6. The average molecular weight is 1010 g/mol. The van der Waals surface area contributed by atoms with Gasteiger partial charge in [0.15, 0.2) is 0 Å². The first kappa shape index (κ1) is 51.3. The normalized spacial score (nSPS) is 23.5. The predicted molar refractivity (Wildman–Crippen MR) is 290 cm³/mol. The van der Waals surface area contributed by atoms with Crippen molar-refractivity contribution in [3.63, 3.8) is 0 Å². The number of nitro groups is 1. The Bertz CT molecular complexity index is 3090. The minimum Gasteiger partial charge on any atom is -0.459 e. The van der Waals surface area contributed by atoms with Gasteiger partial charge in [0.1, 0.15) is 23.3 Å². The molecule has 388 valence electrons. The molecule has 7 atom stereocenters. The van der Waals surface area contributed by atoms with Gasteiger partial charge in [-0.1, -0.05) is 103 Å². The third kappa shape index (κ3) is 11.1. The molecule has 4 aliphatic rings. The van der Waals surface area contributed by atoms with Crippen LogP contribution < -0.4 is 9.47 Å². The van der Waals surface area contributed by atoms with Crippen molar-refractivity contribution in [3.05, 3.63) is 185 Å². The lowest BCUT2D eigenvalue weighted by molar-refractivity contribution is -0.384. The third-order valence-corrected chi connectivity index (χ3v) is 15.4. The standard InChI is InChI=1S/C62H65N3O10/c1-2-35-72-62-57(64(41-47-19-13-18-44-15-5-6-20-51(44)47)58(68)32-25-42-23-27-48(28-24-42)65(69)70)40-55(63-75-59-22-9-12-36-71-59)53-38-46(17-7-10-33-66)52(21-8-11-34-67)60(61(53)62)54-39-50(30-31-56(54)74-62)73-49-29-26-43-14-3-4-16-45(43)37-49/h2-6,13-16,18-20,23-32,37-39,46,52,57,59-61,66-67H,1,7-12,17,21-22,33-36,40-41H2. The monoisotopic (exact) mass is 1010 g/mol. The van der Waals surface area contributed by atoms with E-state index in [-0.39, 0.29) is 62.1 Å². The van der Waals surface area contributed by atoms with E-state index in [9.17, 15) is 20.3 Å². The minimum atomic E-state index is -1.54. The van der Waals surface area contributed by atoms with E-state index in [4.69, 9.17) is 28.9 Å². The van der Waals surface area contributed by atoms with Crippen LogP contribution in [0.15, 0.2) is 163 Å². The van der Waals surface area contributed by atoms with Gasteiger partial charge in [-0.15, -0.1) is 6.58 Å². The van der Waals surface area contributed by atoms with Crippen LogP contribution in [0.5, 0.6) is 17.2 Å². The van der Waals surface area contributed by atoms with E-state index in [0.717, 1.165) is 76.8 Å². The van der Waals surface area contributed by atoms with Crippen molar-refractivity contribution < 1.29 is 43.7 Å². The molecule has 2 aliphatic carbocycles. The summed E-state index contributed by atoms with van der Waals surface area (Å²) in [5, 5.41) is 41.1. The molecule has 2 aliphatic heterocycles. The van der Waals surface area contributed by atoms with E-state index in [1.54, 1.807) is 24.3 Å². The molecule has 0 radical (unpaired) electrons. The summed E-state index contributed by atoms with van der Waals surface area (Å²) in [5.74, 6) is -0.791. The second-order valence-electron chi connectivity index (χ2n) is 20.1. The quantitative estimate of drug-likeness (QED) is 0.0233. The summed E-state index contributed by atoms with van der Waals surface area (Å²) in [6.45, 7) is 5.08. The maximum absolute atomic E-state index is 15.6. The summed E-state index contributed by atoms with van der Waals surface area (Å²) < 4.78 is 27.7. The SMILES string of the molecule is C=CCOC12Oc3ccc(Oc4ccc5ccccc5c4)cc3C3C(CCCCO)C(CCCCO)C=C(C(=NOC4CCCCO4)CC1N(Cc1cccc4ccccc14)C(=O)C=Cc1ccc([N+](=O)[O-])cc1)C32. The molecule has 1 saturated heterocycles. The van der Waals surface area contributed by atoms with Crippen molar-refractivity contribution >= 4 is 44.9 Å². The highest BCUT2D eigenvalue weighted by atomic mass is 16.8. The number of aliphatic hydroxyl groups is 2. The molecule has 10 rings (SSSR count). The number of hydrogen-bond donors (Lipinski definition) is 2. The number of oxime groups is 1. The minimum absolute atomic E-state index is 0.0129. The average Bonchev–Trinajstić information content (AvgIpc) is 3.45. The molecule has 1 saturated carbocycles. The first-order chi connectivity index (χ1) is 36.8. The van der Waals surface area contributed by atoms with E-state index < -0.39 is 29.0 Å². The zero-order valence-corrected chi connectivity index (χ0v) is 42.2. The number of hydrogen-bond acceptors (Lipinski definition) is 11. The molecule has 75 heavy (non-hydrogen) atoms. The second kappa shape index (κ2) is 23.6.